The minimum absolute atomic E-state index is 0.480. The average Bonchev–Trinajstić information content (AvgIpc) is 2.52. The Kier molecular flexibility index (Phi) is 5.85. The van der Waals surface area contributed by atoms with Crippen molar-refractivity contribution in [1.82, 2.24) is 5.32 Å². The summed E-state index contributed by atoms with van der Waals surface area (Å²) in [6.07, 6.45) is 2.26. The highest BCUT2D eigenvalue weighted by molar-refractivity contribution is 5.42. The van der Waals surface area contributed by atoms with Crippen LogP contribution in [0.4, 0.5) is 0 Å². The molecule has 0 spiro atoms. The van der Waals surface area contributed by atoms with Crippen LogP contribution < -0.4 is 10.1 Å². The van der Waals surface area contributed by atoms with Gasteiger partial charge in [-0.25, -0.2) is 0 Å². The summed E-state index contributed by atoms with van der Waals surface area (Å²) in [6, 6.07) is 9.95. The maximum atomic E-state index is 8.98. The van der Waals surface area contributed by atoms with E-state index in [0.717, 1.165) is 32.6 Å². The lowest BCUT2D eigenvalue weighted by molar-refractivity contribution is 0.0556. The minimum atomic E-state index is 0.480. The molecule has 0 aliphatic carbocycles. The van der Waals surface area contributed by atoms with Crippen molar-refractivity contribution in [2.45, 2.75) is 25.8 Å². The Morgan fingerprint density at radius 2 is 2.15 bits per heavy atom. The third-order valence-electron chi connectivity index (χ3n) is 3.81. The molecule has 1 N–H and O–H groups in total. The van der Waals surface area contributed by atoms with E-state index in [2.05, 4.69) is 18.3 Å². The van der Waals surface area contributed by atoms with Crippen molar-refractivity contribution in [1.29, 1.82) is 5.26 Å². The first-order valence-corrected chi connectivity index (χ1v) is 7.24. The molecule has 1 aliphatic rings. The van der Waals surface area contributed by atoms with Gasteiger partial charge in [-0.05, 0) is 37.8 Å². The number of nitrogens with zero attached hydrogens (tertiary/aromatic N) is 1. The molecule has 1 aliphatic heterocycles. The SMILES string of the molecule is CC(NCCOc1ccccc1C#N)C1CCOCC1. The van der Waals surface area contributed by atoms with Crippen LogP contribution in [0.1, 0.15) is 25.3 Å². The van der Waals surface area contributed by atoms with E-state index in [4.69, 9.17) is 14.7 Å². The van der Waals surface area contributed by atoms with Crippen LogP contribution in [0.25, 0.3) is 0 Å². The summed E-state index contributed by atoms with van der Waals surface area (Å²) in [7, 11) is 0. The molecule has 1 unspecified atom stereocenters. The molecule has 1 saturated heterocycles. The molecule has 0 saturated carbocycles. The van der Waals surface area contributed by atoms with Crippen molar-refractivity contribution in [3.8, 4) is 11.8 Å². The first-order chi connectivity index (χ1) is 9.81. The molecule has 20 heavy (non-hydrogen) atoms. The van der Waals surface area contributed by atoms with Crippen molar-refractivity contribution in [2.24, 2.45) is 5.92 Å². The Morgan fingerprint density at radius 3 is 2.90 bits per heavy atom. The molecular weight excluding hydrogens is 252 g/mol. The Bertz CT molecular complexity index is 450. The Balaban J connectivity index is 1.69. The third-order valence-corrected chi connectivity index (χ3v) is 3.81. The standard InChI is InChI=1S/C16H22N2O2/c1-13(14-6-9-19-10-7-14)18-8-11-20-16-5-3-2-4-15(16)12-17/h2-5,13-14,18H,6-11H2,1H3. The lowest BCUT2D eigenvalue weighted by Gasteiger charge is -2.28. The molecule has 1 aromatic rings. The molecule has 1 aromatic carbocycles. The van der Waals surface area contributed by atoms with Crippen LogP contribution in [0, 0.1) is 17.2 Å². The van der Waals surface area contributed by atoms with Crippen molar-refractivity contribution >= 4 is 0 Å². The van der Waals surface area contributed by atoms with Gasteiger partial charge < -0.3 is 14.8 Å². The van der Waals surface area contributed by atoms with Gasteiger partial charge in [0.25, 0.3) is 0 Å². The van der Waals surface area contributed by atoms with Crippen LogP contribution in [0.15, 0.2) is 24.3 Å². The zero-order valence-corrected chi connectivity index (χ0v) is 12.0. The predicted octanol–water partition coefficient (Wildman–Crippen LogP) is 2.34. The fourth-order valence-electron chi connectivity index (χ4n) is 2.51. The summed E-state index contributed by atoms with van der Waals surface area (Å²) < 4.78 is 11.0. The van der Waals surface area contributed by atoms with Gasteiger partial charge in [-0.2, -0.15) is 5.26 Å². The van der Waals surface area contributed by atoms with Gasteiger partial charge in [0.1, 0.15) is 18.4 Å². The fourth-order valence-corrected chi connectivity index (χ4v) is 2.51. The van der Waals surface area contributed by atoms with Crippen LogP contribution in [0.3, 0.4) is 0 Å². The van der Waals surface area contributed by atoms with Gasteiger partial charge >= 0.3 is 0 Å². The highest BCUT2D eigenvalue weighted by Crippen LogP contribution is 2.18. The molecule has 4 heteroatoms. The normalized spacial score (nSPS) is 17.4. The average molecular weight is 274 g/mol. The van der Waals surface area contributed by atoms with E-state index in [1.807, 2.05) is 18.2 Å². The maximum Gasteiger partial charge on any atom is 0.137 e. The van der Waals surface area contributed by atoms with Gasteiger partial charge in [0.05, 0.1) is 5.56 Å². The molecule has 0 bridgehead atoms. The lowest BCUT2D eigenvalue weighted by atomic mass is 9.93. The minimum Gasteiger partial charge on any atom is -0.491 e. The number of rotatable bonds is 6. The van der Waals surface area contributed by atoms with E-state index in [0.29, 0.717) is 29.9 Å². The van der Waals surface area contributed by atoms with Crippen LogP contribution in [0.5, 0.6) is 5.75 Å². The molecule has 2 rings (SSSR count). The summed E-state index contributed by atoms with van der Waals surface area (Å²) >= 11 is 0. The largest absolute Gasteiger partial charge is 0.491 e. The smallest absolute Gasteiger partial charge is 0.137 e. The topological polar surface area (TPSA) is 54.3 Å². The fraction of sp³-hybridized carbons (Fsp3) is 0.562. The lowest BCUT2D eigenvalue weighted by Crippen LogP contribution is -2.38. The third kappa shape index (κ3) is 4.22. The van der Waals surface area contributed by atoms with E-state index < -0.39 is 0 Å². The summed E-state index contributed by atoms with van der Waals surface area (Å²) in [6.45, 7) is 5.34. The Labute approximate surface area is 120 Å². The van der Waals surface area contributed by atoms with E-state index in [1.54, 1.807) is 6.07 Å². The van der Waals surface area contributed by atoms with Gasteiger partial charge in [0, 0.05) is 25.8 Å². The van der Waals surface area contributed by atoms with Gasteiger partial charge in [-0.15, -0.1) is 0 Å². The molecule has 0 amide bonds. The molecule has 1 atom stereocenters. The monoisotopic (exact) mass is 274 g/mol. The highest BCUT2D eigenvalue weighted by Gasteiger charge is 2.19. The zero-order chi connectivity index (χ0) is 14.2. The van der Waals surface area contributed by atoms with E-state index in [-0.39, 0.29) is 0 Å². The van der Waals surface area contributed by atoms with Crippen molar-refractivity contribution < 1.29 is 9.47 Å². The summed E-state index contributed by atoms with van der Waals surface area (Å²) in [5, 5.41) is 12.5. The number of hydrogen-bond acceptors (Lipinski definition) is 4. The molecule has 4 nitrogen and oxygen atoms in total. The van der Waals surface area contributed by atoms with Crippen LogP contribution in [-0.2, 0) is 4.74 Å². The van der Waals surface area contributed by atoms with Gasteiger partial charge in [-0.3, -0.25) is 0 Å². The first-order valence-electron chi connectivity index (χ1n) is 7.24. The second kappa shape index (κ2) is 7.88. The maximum absolute atomic E-state index is 8.98. The van der Waals surface area contributed by atoms with E-state index in [9.17, 15) is 0 Å². The van der Waals surface area contributed by atoms with E-state index >= 15 is 0 Å². The van der Waals surface area contributed by atoms with Crippen molar-refractivity contribution in [3.05, 3.63) is 29.8 Å². The highest BCUT2D eigenvalue weighted by atomic mass is 16.5. The Morgan fingerprint density at radius 1 is 1.40 bits per heavy atom. The van der Waals surface area contributed by atoms with Gasteiger partial charge in [0.15, 0.2) is 0 Å². The number of para-hydroxylation sites is 1. The summed E-state index contributed by atoms with van der Waals surface area (Å²) in [5.74, 6) is 1.35. The van der Waals surface area contributed by atoms with Crippen molar-refractivity contribution in [3.63, 3.8) is 0 Å². The summed E-state index contributed by atoms with van der Waals surface area (Å²) in [4.78, 5) is 0. The number of ether oxygens (including phenoxy) is 2. The molecule has 1 fully saturated rings. The second-order valence-corrected chi connectivity index (χ2v) is 5.15. The number of hydrogen-bond donors (Lipinski definition) is 1. The quantitative estimate of drug-likeness (QED) is 0.809. The van der Waals surface area contributed by atoms with Gasteiger partial charge in [-0.1, -0.05) is 12.1 Å². The van der Waals surface area contributed by atoms with Crippen LogP contribution in [0.2, 0.25) is 0 Å². The Hall–Kier alpha value is -1.57. The molecular formula is C16H22N2O2. The molecule has 1 heterocycles. The van der Waals surface area contributed by atoms with Crippen molar-refractivity contribution in [2.75, 3.05) is 26.4 Å². The molecule has 0 aromatic heterocycles. The van der Waals surface area contributed by atoms with Gasteiger partial charge in [0.2, 0.25) is 0 Å². The number of nitrogens with one attached hydrogen (secondary N) is 1. The predicted molar refractivity (Wildman–Crippen MR) is 77.7 cm³/mol. The number of nitriles is 1. The molecule has 0 radical (unpaired) electrons. The van der Waals surface area contributed by atoms with Crippen LogP contribution >= 0.6 is 0 Å². The zero-order valence-electron chi connectivity index (χ0n) is 12.0. The first kappa shape index (κ1) is 14.8. The van der Waals surface area contributed by atoms with E-state index in [1.165, 1.54) is 0 Å². The second-order valence-electron chi connectivity index (χ2n) is 5.15. The number of benzene rings is 1. The van der Waals surface area contributed by atoms with Crippen LogP contribution in [-0.4, -0.2) is 32.4 Å². The summed E-state index contributed by atoms with van der Waals surface area (Å²) in [5.41, 5.74) is 0.588. The molecule has 108 valence electrons.